The molecule has 0 bridgehead atoms. The van der Waals surface area contributed by atoms with Crippen molar-refractivity contribution >= 4 is 52.2 Å². The average molecular weight is 396 g/mol. The average Bonchev–Trinajstić information content (AvgIpc) is 3.12. The highest BCUT2D eigenvalue weighted by Gasteiger charge is 2.34. The molecule has 1 saturated heterocycles. The van der Waals surface area contributed by atoms with Gasteiger partial charge >= 0.3 is 0 Å². The maximum absolute atomic E-state index is 12.3. The fraction of sp³-hybridized carbons (Fsp3) is 0.222. The second kappa shape index (κ2) is 7.68. The van der Waals surface area contributed by atoms with E-state index in [4.69, 9.17) is 27.6 Å². The molecule has 1 fully saturated rings. The second-order valence-corrected chi connectivity index (χ2v) is 7.29. The van der Waals surface area contributed by atoms with Crippen LogP contribution in [0, 0.1) is 0 Å². The lowest BCUT2D eigenvalue weighted by Crippen LogP contribution is -2.29. The van der Waals surface area contributed by atoms with E-state index >= 15 is 0 Å². The lowest BCUT2D eigenvalue weighted by atomic mass is 10.2. The molecule has 130 valence electrons. The Labute approximate surface area is 159 Å². The van der Waals surface area contributed by atoms with Gasteiger partial charge in [0.15, 0.2) is 0 Å². The molecule has 4 nitrogen and oxygen atoms in total. The highest BCUT2D eigenvalue weighted by molar-refractivity contribution is 8.18. The van der Waals surface area contributed by atoms with E-state index in [2.05, 4.69) is 0 Å². The Hall–Kier alpha value is -1.69. The third-order valence-corrected chi connectivity index (χ3v) is 5.26. The van der Waals surface area contributed by atoms with Gasteiger partial charge in [-0.1, -0.05) is 42.6 Å². The molecule has 0 radical (unpaired) electrons. The molecule has 0 unspecified atom stereocenters. The van der Waals surface area contributed by atoms with Crippen LogP contribution in [-0.2, 0) is 4.79 Å². The van der Waals surface area contributed by atoms with Gasteiger partial charge in [-0.15, -0.1) is 0 Å². The van der Waals surface area contributed by atoms with Crippen molar-refractivity contribution in [3.05, 3.63) is 51.0 Å². The number of carbonyl (C=O) groups is 2. The summed E-state index contributed by atoms with van der Waals surface area (Å²) in [5.74, 6) is 0.691. The molecule has 2 amide bonds. The number of rotatable bonds is 5. The largest absolute Gasteiger partial charge is 0.457 e. The molecule has 0 spiro atoms. The van der Waals surface area contributed by atoms with Gasteiger partial charge < -0.3 is 4.42 Å². The summed E-state index contributed by atoms with van der Waals surface area (Å²) in [7, 11) is 0. The van der Waals surface area contributed by atoms with Gasteiger partial charge in [0.2, 0.25) is 0 Å². The first-order valence-electron chi connectivity index (χ1n) is 7.81. The number of nitrogens with zero attached hydrogens (tertiary/aromatic N) is 1. The maximum atomic E-state index is 12.3. The molecular weight excluding hydrogens is 381 g/mol. The molecule has 0 atom stereocenters. The first kappa shape index (κ1) is 18.1. The van der Waals surface area contributed by atoms with Crippen molar-refractivity contribution in [3.63, 3.8) is 0 Å². The van der Waals surface area contributed by atoms with Crippen LogP contribution in [0.5, 0.6) is 0 Å². The number of hydrogen-bond acceptors (Lipinski definition) is 4. The van der Waals surface area contributed by atoms with Gasteiger partial charge in [0.25, 0.3) is 11.1 Å². The van der Waals surface area contributed by atoms with Crippen molar-refractivity contribution in [2.45, 2.75) is 19.8 Å². The first-order chi connectivity index (χ1) is 12.0. The first-order valence-corrected chi connectivity index (χ1v) is 9.38. The highest BCUT2D eigenvalue weighted by atomic mass is 35.5. The third kappa shape index (κ3) is 3.78. The van der Waals surface area contributed by atoms with Crippen molar-refractivity contribution in [2.24, 2.45) is 0 Å². The molecule has 7 heteroatoms. The highest BCUT2D eigenvalue weighted by Crippen LogP contribution is 2.37. The normalized spacial score (nSPS) is 16.3. The van der Waals surface area contributed by atoms with Crippen LogP contribution in [-0.4, -0.2) is 22.6 Å². The Morgan fingerprint density at radius 3 is 2.56 bits per heavy atom. The topological polar surface area (TPSA) is 50.5 Å². The van der Waals surface area contributed by atoms with Gasteiger partial charge in [-0.25, -0.2) is 0 Å². The smallest absolute Gasteiger partial charge is 0.293 e. The van der Waals surface area contributed by atoms with Crippen molar-refractivity contribution in [1.29, 1.82) is 0 Å². The van der Waals surface area contributed by atoms with Gasteiger partial charge in [0.05, 0.1) is 20.5 Å². The zero-order valence-corrected chi connectivity index (χ0v) is 15.7. The van der Waals surface area contributed by atoms with Crippen LogP contribution in [0.3, 0.4) is 0 Å². The number of hydrogen-bond donors (Lipinski definition) is 0. The van der Waals surface area contributed by atoms with Crippen molar-refractivity contribution in [3.8, 4) is 11.3 Å². The number of unbranched alkanes of at least 4 members (excludes halogenated alkanes) is 1. The predicted molar refractivity (Wildman–Crippen MR) is 102 cm³/mol. The number of thioether (sulfide) groups is 1. The predicted octanol–water partition coefficient (Wildman–Crippen LogP) is 6.09. The quantitative estimate of drug-likeness (QED) is 0.574. The van der Waals surface area contributed by atoms with Gasteiger partial charge in [-0.2, -0.15) is 0 Å². The summed E-state index contributed by atoms with van der Waals surface area (Å²) in [6.45, 7) is 2.45. The number of halogens is 2. The van der Waals surface area contributed by atoms with E-state index < -0.39 is 0 Å². The molecule has 2 aromatic rings. The molecule has 25 heavy (non-hydrogen) atoms. The number of benzene rings is 1. The Kier molecular flexibility index (Phi) is 5.57. The Morgan fingerprint density at radius 1 is 1.16 bits per heavy atom. The Bertz CT molecular complexity index is 840. The summed E-state index contributed by atoms with van der Waals surface area (Å²) in [4.78, 5) is 25.9. The fourth-order valence-corrected chi connectivity index (χ4v) is 3.86. The van der Waals surface area contributed by atoms with Gasteiger partial charge in [-0.3, -0.25) is 14.5 Å². The molecular formula is C18H15Cl2NO3S. The molecule has 0 saturated carbocycles. The van der Waals surface area contributed by atoms with Crippen LogP contribution in [0.2, 0.25) is 10.0 Å². The van der Waals surface area contributed by atoms with Crippen molar-refractivity contribution < 1.29 is 14.0 Å². The monoisotopic (exact) mass is 395 g/mol. The van der Waals surface area contributed by atoms with Crippen LogP contribution in [0.25, 0.3) is 17.4 Å². The van der Waals surface area contributed by atoms with E-state index in [0.29, 0.717) is 38.6 Å². The SMILES string of the molecule is CCCCN1C(=O)S/C(=C/c2ccc(-c3c(Cl)cccc3Cl)o2)C1=O. The zero-order valence-electron chi connectivity index (χ0n) is 13.4. The summed E-state index contributed by atoms with van der Waals surface area (Å²) < 4.78 is 5.75. The van der Waals surface area contributed by atoms with E-state index in [1.165, 1.54) is 4.90 Å². The van der Waals surface area contributed by atoms with E-state index in [1.54, 1.807) is 36.4 Å². The molecule has 0 N–H and O–H groups in total. The van der Waals surface area contributed by atoms with Crippen LogP contribution < -0.4 is 0 Å². The molecule has 2 heterocycles. The van der Waals surface area contributed by atoms with Gasteiger partial charge in [0.1, 0.15) is 11.5 Å². The lowest BCUT2D eigenvalue weighted by molar-refractivity contribution is -0.122. The Balaban J connectivity index is 1.85. The third-order valence-electron chi connectivity index (χ3n) is 3.72. The van der Waals surface area contributed by atoms with Crippen molar-refractivity contribution in [2.75, 3.05) is 6.54 Å². The molecule has 1 aromatic heterocycles. The summed E-state index contributed by atoms with van der Waals surface area (Å²) in [5, 5.41) is 0.715. The molecule has 1 aromatic carbocycles. The minimum absolute atomic E-state index is 0.245. The zero-order chi connectivity index (χ0) is 18.0. The van der Waals surface area contributed by atoms with E-state index in [9.17, 15) is 9.59 Å². The summed E-state index contributed by atoms with van der Waals surface area (Å²) in [6.07, 6.45) is 3.28. The summed E-state index contributed by atoms with van der Waals surface area (Å²) in [5.41, 5.74) is 0.599. The maximum Gasteiger partial charge on any atom is 0.293 e. The molecule has 3 rings (SSSR count). The van der Waals surface area contributed by atoms with E-state index in [1.807, 2.05) is 6.92 Å². The van der Waals surface area contributed by atoms with Gasteiger partial charge in [0, 0.05) is 12.6 Å². The Morgan fingerprint density at radius 2 is 1.88 bits per heavy atom. The summed E-state index contributed by atoms with van der Waals surface area (Å²) >= 11 is 13.3. The van der Waals surface area contributed by atoms with Crippen LogP contribution in [0.15, 0.2) is 39.7 Å². The standard InChI is InChI=1S/C18H15Cl2NO3S/c1-2-3-9-21-17(22)15(25-18(21)23)10-11-7-8-14(24-11)16-12(19)5-4-6-13(16)20/h4-8,10H,2-3,9H2,1H3/b15-10+. The molecule has 1 aliphatic heterocycles. The minimum atomic E-state index is -0.280. The van der Waals surface area contributed by atoms with Crippen LogP contribution >= 0.6 is 35.0 Å². The summed E-state index contributed by atoms with van der Waals surface area (Å²) in [6, 6.07) is 8.66. The minimum Gasteiger partial charge on any atom is -0.457 e. The molecule has 0 aliphatic carbocycles. The fourth-order valence-electron chi connectivity index (χ4n) is 2.44. The van der Waals surface area contributed by atoms with Gasteiger partial charge in [-0.05, 0) is 42.4 Å². The van der Waals surface area contributed by atoms with Crippen LogP contribution in [0.4, 0.5) is 4.79 Å². The second-order valence-electron chi connectivity index (χ2n) is 5.49. The van der Waals surface area contributed by atoms with E-state index in [-0.39, 0.29) is 11.1 Å². The number of carbonyl (C=O) groups excluding carboxylic acids is 2. The number of furan rings is 1. The number of amides is 2. The van der Waals surface area contributed by atoms with Crippen LogP contribution in [0.1, 0.15) is 25.5 Å². The molecule has 1 aliphatic rings. The lowest BCUT2D eigenvalue weighted by Gasteiger charge is -2.10. The van der Waals surface area contributed by atoms with E-state index in [0.717, 1.165) is 24.6 Å². The van der Waals surface area contributed by atoms with Crippen molar-refractivity contribution in [1.82, 2.24) is 4.90 Å². The number of imide groups is 1.